The largest absolute Gasteiger partial charge is 0.377 e. The lowest BCUT2D eigenvalue weighted by Gasteiger charge is -2.60. The molecule has 1 saturated carbocycles. The molecule has 1 aliphatic carbocycles. The van der Waals surface area contributed by atoms with Crippen LogP contribution in [-0.4, -0.2) is 60.7 Å². The quantitative estimate of drug-likeness (QED) is 0.623. The molecule has 3 fully saturated rings. The zero-order valence-electron chi connectivity index (χ0n) is 17.1. The third-order valence-corrected chi connectivity index (χ3v) is 6.67. The van der Waals surface area contributed by atoms with Crippen LogP contribution in [0.4, 0.5) is 5.69 Å². The molecule has 3 aliphatic rings. The molecule has 0 bridgehead atoms. The van der Waals surface area contributed by atoms with Gasteiger partial charge in [-0.3, -0.25) is 9.67 Å². The molecule has 7 nitrogen and oxygen atoms in total. The van der Waals surface area contributed by atoms with Crippen molar-refractivity contribution >= 4 is 11.6 Å². The van der Waals surface area contributed by atoms with Crippen LogP contribution < -0.4 is 15.5 Å². The van der Waals surface area contributed by atoms with Gasteiger partial charge in [-0.05, 0) is 25.7 Å². The molecule has 0 amide bonds. The predicted octanol–water partition coefficient (Wildman–Crippen LogP) is 1.76. The SMILES string of the molecule is CN=C(NC1CCCN(c2cnn(C)c2)C1)NC1C2CCCOC2C1(C)C. The third kappa shape index (κ3) is 3.53. The first-order valence-electron chi connectivity index (χ1n) is 10.3. The Morgan fingerprint density at radius 2 is 2.15 bits per heavy atom. The molecule has 0 aromatic carbocycles. The van der Waals surface area contributed by atoms with Gasteiger partial charge in [0.2, 0.25) is 0 Å². The fraction of sp³-hybridized carbons (Fsp3) is 0.800. The van der Waals surface area contributed by atoms with E-state index in [0.29, 0.717) is 24.1 Å². The highest BCUT2D eigenvalue weighted by Crippen LogP contribution is 2.51. The zero-order chi connectivity index (χ0) is 19.0. The number of hydrogen-bond donors (Lipinski definition) is 2. The summed E-state index contributed by atoms with van der Waals surface area (Å²) in [6.45, 7) is 7.61. The maximum atomic E-state index is 6.04. The van der Waals surface area contributed by atoms with E-state index >= 15 is 0 Å². The van der Waals surface area contributed by atoms with E-state index in [1.165, 1.54) is 31.4 Å². The maximum absolute atomic E-state index is 6.04. The Balaban J connectivity index is 1.36. The summed E-state index contributed by atoms with van der Waals surface area (Å²) in [7, 11) is 3.84. The lowest BCUT2D eigenvalue weighted by Crippen LogP contribution is -2.71. The van der Waals surface area contributed by atoms with Gasteiger partial charge in [-0.2, -0.15) is 5.10 Å². The van der Waals surface area contributed by atoms with Gasteiger partial charge in [0.1, 0.15) is 0 Å². The molecule has 4 unspecified atom stereocenters. The number of fused-ring (bicyclic) bond motifs is 1. The summed E-state index contributed by atoms with van der Waals surface area (Å²) in [4.78, 5) is 6.94. The molecule has 2 saturated heterocycles. The number of aliphatic imine (C=N–C) groups is 1. The molecule has 150 valence electrons. The maximum Gasteiger partial charge on any atom is 0.191 e. The molecule has 0 radical (unpaired) electrons. The van der Waals surface area contributed by atoms with E-state index in [-0.39, 0.29) is 5.41 Å². The number of rotatable bonds is 3. The smallest absolute Gasteiger partial charge is 0.191 e. The predicted molar refractivity (Wildman–Crippen MR) is 108 cm³/mol. The van der Waals surface area contributed by atoms with E-state index < -0.39 is 0 Å². The summed E-state index contributed by atoms with van der Waals surface area (Å²) in [5.41, 5.74) is 1.35. The van der Waals surface area contributed by atoms with E-state index in [9.17, 15) is 0 Å². The van der Waals surface area contributed by atoms with Crippen molar-refractivity contribution in [1.82, 2.24) is 20.4 Å². The van der Waals surface area contributed by atoms with E-state index in [2.05, 4.69) is 45.7 Å². The van der Waals surface area contributed by atoms with Crippen LogP contribution in [0.3, 0.4) is 0 Å². The number of nitrogens with one attached hydrogen (secondary N) is 2. The van der Waals surface area contributed by atoms with Gasteiger partial charge < -0.3 is 20.3 Å². The third-order valence-electron chi connectivity index (χ3n) is 6.67. The van der Waals surface area contributed by atoms with Crippen molar-refractivity contribution in [1.29, 1.82) is 0 Å². The summed E-state index contributed by atoms with van der Waals surface area (Å²) in [5.74, 6) is 1.53. The summed E-state index contributed by atoms with van der Waals surface area (Å²) >= 11 is 0. The Kier molecular flexibility index (Phi) is 5.05. The molecule has 0 spiro atoms. The van der Waals surface area contributed by atoms with Crippen LogP contribution in [0.1, 0.15) is 39.5 Å². The van der Waals surface area contributed by atoms with Gasteiger partial charge in [0, 0.05) is 63.4 Å². The Morgan fingerprint density at radius 3 is 2.89 bits per heavy atom. The normalized spacial score (nSPS) is 33.2. The summed E-state index contributed by atoms with van der Waals surface area (Å²) in [5, 5.41) is 11.7. The van der Waals surface area contributed by atoms with Crippen LogP contribution in [0.15, 0.2) is 17.4 Å². The summed E-state index contributed by atoms with van der Waals surface area (Å²) in [6.07, 6.45) is 9.20. The van der Waals surface area contributed by atoms with Crippen LogP contribution in [-0.2, 0) is 11.8 Å². The average Bonchev–Trinajstić information content (AvgIpc) is 3.11. The van der Waals surface area contributed by atoms with Gasteiger partial charge >= 0.3 is 0 Å². The highest BCUT2D eigenvalue weighted by atomic mass is 16.5. The fourth-order valence-electron chi connectivity index (χ4n) is 5.23. The number of nitrogens with zero attached hydrogens (tertiary/aromatic N) is 4. The number of piperidine rings is 1. The summed E-state index contributed by atoms with van der Waals surface area (Å²) in [6, 6.07) is 0.818. The number of anilines is 1. The number of aromatic nitrogens is 2. The number of aryl methyl sites for hydroxylation is 1. The Morgan fingerprint density at radius 1 is 1.30 bits per heavy atom. The molecule has 1 aromatic rings. The van der Waals surface area contributed by atoms with Crippen molar-refractivity contribution in [2.45, 2.75) is 57.7 Å². The lowest BCUT2D eigenvalue weighted by atomic mass is 9.55. The van der Waals surface area contributed by atoms with Crippen LogP contribution in [0.2, 0.25) is 0 Å². The van der Waals surface area contributed by atoms with Crippen molar-refractivity contribution in [3.05, 3.63) is 12.4 Å². The molecule has 1 aromatic heterocycles. The second-order valence-corrected chi connectivity index (χ2v) is 8.91. The van der Waals surface area contributed by atoms with E-state index in [4.69, 9.17) is 4.74 Å². The van der Waals surface area contributed by atoms with Gasteiger partial charge in [0.15, 0.2) is 5.96 Å². The van der Waals surface area contributed by atoms with Crippen LogP contribution in [0.25, 0.3) is 0 Å². The number of guanidine groups is 1. The van der Waals surface area contributed by atoms with E-state index in [0.717, 1.165) is 25.7 Å². The first-order valence-corrected chi connectivity index (χ1v) is 10.3. The van der Waals surface area contributed by atoms with Gasteiger partial charge in [0.25, 0.3) is 0 Å². The molecule has 2 aliphatic heterocycles. The van der Waals surface area contributed by atoms with Crippen LogP contribution in [0.5, 0.6) is 0 Å². The minimum absolute atomic E-state index is 0.150. The Bertz CT molecular complexity index is 684. The van der Waals surface area contributed by atoms with Crippen molar-refractivity contribution in [3.8, 4) is 0 Å². The van der Waals surface area contributed by atoms with E-state index in [1.807, 2.05) is 25.0 Å². The minimum atomic E-state index is 0.150. The molecular weight excluding hydrogens is 340 g/mol. The van der Waals surface area contributed by atoms with Crippen LogP contribution in [0, 0.1) is 11.3 Å². The van der Waals surface area contributed by atoms with Crippen molar-refractivity contribution in [2.75, 3.05) is 31.6 Å². The topological polar surface area (TPSA) is 66.7 Å². The molecule has 2 N–H and O–H groups in total. The summed E-state index contributed by atoms with van der Waals surface area (Å²) < 4.78 is 7.91. The minimum Gasteiger partial charge on any atom is -0.377 e. The van der Waals surface area contributed by atoms with Gasteiger partial charge in [-0.25, -0.2) is 0 Å². The van der Waals surface area contributed by atoms with Gasteiger partial charge in [0.05, 0.1) is 18.0 Å². The zero-order valence-corrected chi connectivity index (χ0v) is 17.1. The van der Waals surface area contributed by atoms with Crippen LogP contribution >= 0.6 is 0 Å². The first-order chi connectivity index (χ1) is 13.0. The van der Waals surface area contributed by atoms with E-state index in [1.54, 1.807) is 0 Å². The highest BCUT2D eigenvalue weighted by molar-refractivity contribution is 5.80. The fourth-order valence-corrected chi connectivity index (χ4v) is 5.23. The molecule has 4 rings (SSSR count). The monoisotopic (exact) mass is 374 g/mol. The first kappa shape index (κ1) is 18.6. The Hall–Kier alpha value is -1.76. The lowest BCUT2D eigenvalue weighted by molar-refractivity contribution is -0.188. The highest BCUT2D eigenvalue weighted by Gasteiger charge is 2.58. The number of ether oxygens (including phenoxy) is 1. The molecule has 3 heterocycles. The number of hydrogen-bond acceptors (Lipinski definition) is 4. The van der Waals surface area contributed by atoms with Gasteiger partial charge in [-0.15, -0.1) is 0 Å². The second kappa shape index (κ2) is 7.34. The Labute approximate surface area is 162 Å². The molecule has 7 heteroatoms. The van der Waals surface area contributed by atoms with Gasteiger partial charge in [-0.1, -0.05) is 13.8 Å². The molecule has 4 atom stereocenters. The van der Waals surface area contributed by atoms with Crippen molar-refractivity contribution in [3.63, 3.8) is 0 Å². The second-order valence-electron chi connectivity index (χ2n) is 8.91. The molecule has 27 heavy (non-hydrogen) atoms. The average molecular weight is 375 g/mol. The van der Waals surface area contributed by atoms with Crippen molar-refractivity contribution in [2.24, 2.45) is 23.4 Å². The van der Waals surface area contributed by atoms with Crippen molar-refractivity contribution < 1.29 is 4.74 Å². The molecular formula is C20H34N6O. The standard InChI is InChI=1S/C20H34N6O/c1-20(2)17(16-8-6-10-27-18(16)20)24-19(21-3)23-14-7-5-9-26(12-14)15-11-22-25(4)13-15/h11,13-14,16-18H,5-10,12H2,1-4H3,(H2,21,23,24).